The van der Waals surface area contributed by atoms with Crippen molar-refractivity contribution in [3.8, 4) is 0 Å². The summed E-state index contributed by atoms with van der Waals surface area (Å²) in [5, 5.41) is 6.02. The highest BCUT2D eigenvalue weighted by Gasteiger charge is 2.00. The van der Waals surface area contributed by atoms with Gasteiger partial charge in [0.15, 0.2) is 0 Å². The lowest BCUT2D eigenvalue weighted by atomic mass is 10.7. The van der Waals surface area contributed by atoms with Crippen LogP contribution in [0.25, 0.3) is 0 Å². The van der Waals surface area contributed by atoms with E-state index >= 15 is 0 Å². The molecule has 0 fully saturated rings. The Morgan fingerprint density at radius 1 is 1.38 bits per heavy atom. The highest BCUT2D eigenvalue weighted by molar-refractivity contribution is 5.39. The summed E-state index contributed by atoms with van der Waals surface area (Å²) in [6.07, 6.45) is 3.13. The minimum Gasteiger partial charge on any atom is -0.294 e. The smallest absolute Gasteiger partial charge is 0.294 e. The Labute approximate surface area is 71.8 Å². The molecule has 2 N–H and O–H groups in total. The molecule has 2 rings (SSSR count). The molecule has 0 bridgehead atoms. The van der Waals surface area contributed by atoms with Gasteiger partial charge in [0.2, 0.25) is 5.95 Å². The normalized spacial score (nSPS) is 9.85. The molecule has 0 aliphatic rings. The minimum atomic E-state index is -0.626. The Bertz CT molecular complexity index is 434. The summed E-state index contributed by atoms with van der Waals surface area (Å²) in [5.41, 5.74) is 0. The molecule has 0 aromatic carbocycles. The van der Waals surface area contributed by atoms with E-state index in [1.807, 2.05) is 0 Å². The minimum absolute atomic E-state index is 0.177. The predicted octanol–water partition coefficient (Wildman–Crippen LogP) is -0.104. The maximum absolute atomic E-state index is 10.5. The molecular weight excluding hydrogens is 174 g/mol. The van der Waals surface area contributed by atoms with Gasteiger partial charge >= 0.3 is 5.76 Å². The Kier molecular flexibility index (Phi) is 1.75. The quantitative estimate of drug-likeness (QED) is 0.667. The van der Waals surface area contributed by atoms with Gasteiger partial charge in [0, 0.05) is 12.4 Å². The van der Waals surface area contributed by atoms with Gasteiger partial charge < -0.3 is 0 Å². The van der Waals surface area contributed by atoms with Crippen molar-refractivity contribution in [2.75, 3.05) is 5.32 Å². The van der Waals surface area contributed by atoms with Crippen LogP contribution in [0.3, 0.4) is 0 Å². The third-order valence-corrected chi connectivity index (χ3v) is 1.24. The standard InChI is InChI=1S/C6H5N5O2/c12-6-10-5(11-13-6)9-4-7-2-1-3-8-4/h1-3H,(H2,7,8,9,10,11,12). The first kappa shape index (κ1) is 7.47. The molecule has 0 aliphatic heterocycles. The Balaban J connectivity index is 2.20. The first-order valence-electron chi connectivity index (χ1n) is 3.44. The van der Waals surface area contributed by atoms with Crippen molar-refractivity contribution in [1.82, 2.24) is 20.1 Å². The van der Waals surface area contributed by atoms with E-state index in [1.165, 1.54) is 0 Å². The summed E-state index contributed by atoms with van der Waals surface area (Å²) in [6.45, 7) is 0. The topological polar surface area (TPSA) is 96.7 Å². The van der Waals surface area contributed by atoms with Gasteiger partial charge in [0.1, 0.15) is 0 Å². The van der Waals surface area contributed by atoms with Crippen molar-refractivity contribution in [2.45, 2.75) is 0 Å². The Morgan fingerprint density at radius 2 is 2.15 bits per heavy atom. The maximum Gasteiger partial charge on any atom is 0.440 e. The van der Waals surface area contributed by atoms with Crippen LogP contribution >= 0.6 is 0 Å². The predicted molar refractivity (Wildman–Crippen MR) is 42.4 cm³/mol. The molecule has 2 aromatic heterocycles. The van der Waals surface area contributed by atoms with Gasteiger partial charge in [-0.25, -0.2) is 14.8 Å². The molecule has 66 valence electrons. The summed E-state index contributed by atoms with van der Waals surface area (Å²) in [5.74, 6) is -0.110. The van der Waals surface area contributed by atoms with Crippen LogP contribution in [0.4, 0.5) is 11.9 Å². The molecule has 2 heterocycles. The zero-order valence-electron chi connectivity index (χ0n) is 6.39. The third-order valence-electron chi connectivity index (χ3n) is 1.24. The number of hydrogen-bond donors (Lipinski definition) is 2. The summed E-state index contributed by atoms with van der Waals surface area (Å²) >= 11 is 0. The molecule has 0 aliphatic carbocycles. The summed E-state index contributed by atoms with van der Waals surface area (Å²) in [4.78, 5) is 20.5. The van der Waals surface area contributed by atoms with E-state index in [2.05, 4.69) is 29.9 Å². The van der Waals surface area contributed by atoms with Crippen LogP contribution in [0, 0.1) is 0 Å². The molecule has 7 heteroatoms. The molecule has 0 unspecified atom stereocenters. The van der Waals surface area contributed by atoms with Gasteiger partial charge in [0.25, 0.3) is 5.95 Å². The summed E-state index contributed by atoms with van der Waals surface area (Å²) in [7, 11) is 0. The van der Waals surface area contributed by atoms with Crippen LogP contribution in [0.5, 0.6) is 0 Å². The Morgan fingerprint density at radius 3 is 2.77 bits per heavy atom. The molecule has 0 spiro atoms. The number of nitrogens with zero attached hydrogens (tertiary/aromatic N) is 3. The average molecular weight is 179 g/mol. The number of aromatic nitrogens is 4. The SMILES string of the molecule is O=c1[nH]c(Nc2ncccn2)no1. The van der Waals surface area contributed by atoms with Gasteiger partial charge in [-0.05, 0) is 11.2 Å². The van der Waals surface area contributed by atoms with E-state index in [1.54, 1.807) is 18.5 Å². The van der Waals surface area contributed by atoms with Crippen molar-refractivity contribution in [3.05, 3.63) is 29.0 Å². The van der Waals surface area contributed by atoms with Gasteiger partial charge in [0.05, 0.1) is 0 Å². The number of H-pyrrole nitrogens is 1. The maximum atomic E-state index is 10.5. The fourth-order valence-corrected chi connectivity index (χ4v) is 0.753. The first-order valence-corrected chi connectivity index (χ1v) is 3.44. The number of hydrogen-bond acceptors (Lipinski definition) is 6. The molecule has 0 atom stereocenters. The molecule has 7 nitrogen and oxygen atoms in total. The molecule has 13 heavy (non-hydrogen) atoms. The lowest BCUT2D eigenvalue weighted by molar-refractivity contribution is 0.388. The first-order chi connectivity index (χ1) is 6.34. The van der Waals surface area contributed by atoms with Gasteiger partial charge in [-0.15, -0.1) is 0 Å². The second-order valence-corrected chi connectivity index (χ2v) is 2.14. The van der Waals surface area contributed by atoms with Crippen LogP contribution in [-0.4, -0.2) is 20.1 Å². The Hall–Kier alpha value is -2.18. The second-order valence-electron chi connectivity index (χ2n) is 2.14. The zero-order valence-corrected chi connectivity index (χ0v) is 6.39. The largest absolute Gasteiger partial charge is 0.440 e. The monoisotopic (exact) mass is 179 g/mol. The van der Waals surface area contributed by atoms with Crippen molar-refractivity contribution >= 4 is 11.9 Å². The van der Waals surface area contributed by atoms with E-state index < -0.39 is 5.76 Å². The summed E-state index contributed by atoms with van der Waals surface area (Å²) < 4.78 is 4.26. The van der Waals surface area contributed by atoms with Crippen LogP contribution in [0.2, 0.25) is 0 Å². The van der Waals surface area contributed by atoms with E-state index in [0.717, 1.165) is 0 Å². The highest BCUT2D eigenvalue weighted by Crippen LogP contribution is 2.01. The van der Waals surface area contributed by atoms with Gasteiger partial charge in [-0.3, -0.25) is 14.8 Å². The number of aromatic amines is 1. The molecule has 2 aromatic rings. The van der Waals surface area contributed by atoms with Gasteiger partial charge in [-0.2, -0.15) is 0 Å². The molecule has 0 amide bonds. The second kappa shape index (κ2) is 3.05. The lowest BCUT2D eigenvalue weighted by Gasteiger charge is -1.95. The average Bonchev–Trinajstić information content (AvgIpc) is 2.53. The number of rotatable bonds is 2. The lowest BCUT2D eigenvalue weighted by Crippen LogP contribution is -2.00. The van der Waals surface area contributed by atoms with E-state index in [0.29, 0.717) is 5.95 Å². The highest BCUT2D eigenvalue weighted by atomic mass is 16.5. The van der Waals surface area contributed by atoms with Crippen LogP contribution in [-0.2, 0) is 0 Å². The zero-order chi connectivity index (χ0) is 9.10. The van der Waals surface area contributed by atoms with Crippen molar-refractivity contribution < 1.29 is 4.52 Å². The summed E-state index contributed by atoms with van der Waals surface area (Å²) in [6, 6.07) is 1.68. The van der Waals surface area contributed by atoms with Crippen LogP contribution < -0.4 is 11.1 Å². The van der Waals surface area contributed by atoms with Gasteiger partial charge in [-0.1, -0.05) is 0 Å². The fraction of sp³-hybridized carbons (Fsp3) is 0. The molecule has 0 saturated heterocycles. The third kappa shape index (κ3) is 1.70. The molecule has 0 saturated carbocycles. The van der Waals surface area contributed by atoms with Crippen molar-refractivity contribution in [2.24, 2.45) is 0 Å². The van der Waals surface area contributed by atoms with Crippen molar-refractivity contribution in [3.63, 3.8) is 0 Å². The fourth-order valence-electron chi connectivity index (χ4n) is 0.753. The van der Waals surface area contributed by atoms with E-state index in [-0.39, 0.29) is 5.95 Å². The molecule has 0 radical (unpaired) electrons. The van der Waals surface area contributed by atoms with E-state index in [9.17, 15) is 4.79 Å². The van der Waals surface area contributed by atoms with Crippen LogP contribution in [0.15, 0.2) is 27.8 Å². The number of nitrogens with one attached hydrogen (secondary N) is 2. The number of anilines is 2. The van der Waals surface area contributed by atoms with Crippen molar-refractivity contribution in [1.29, 1.82) is 0 Å². The van der Waals surface area contributed by atoms with Crippen LogP contribution in [0.1, 0.15) is 0 Å². The van der Waals surface area contributed by atoms with E-state index in [4.69, 9.17) is 0 Å². The molecular formula is C6H5N5O2.